The molecule has 9 heteroatoms. The lowest BCUT2D eigenvalue weighted by Gasteiger charge is -2.23. The summed E-state index contributed by atoms with van der Waals surface area (Å²) in [6.45, 7) is 2.52. The summed E-state index contributed by atoms with van der Waals surface area (Å²) in [5.74, 6) is -0.0912. The maximum absolute atomic E-state index is 12.9. The summed E-state index contributed by atoms with van der Waals surface area (Å²) in [5.41, 5.74) is 0.670. The Morgan fingerprint density at radius 3 is 2.72 bits per heavy atom. The van der Waals surface area contributed by atoms with Gasteiger partial charge in [0.2, 0.25) is 5.91 Å². The van der Waals surface area contributed by atoms with Gasteiger partial charge in [0.25, 0.3) is 5.91 Å². The lowest BCUT2D eigenvalue weighted by atomic mass is 9.96. The topological polar surface area (TPSA) is 76.0 Å². The zero-order valence-electron chi connectivity index (χ0n) is 17.2. The minimum atomic E-state index is -4.50. The number of fused-ring (bicyclic) bond motifs is 1. The van der Waals surface area contributed by atoms with E-state index < -0.39 is 17.6 Å². The molecular weight excluding hydrogens is 421 g/mol. The first-order chi connectivity index (χ1) is 15.2. The van der Waals surface area contributed by atoms with Gasteiger partial charge in [0, 0.05) is 48.2 Å². The SMILES string of the molecule is Cc1ccc(C(=O)Nc2cccc(C(F)(F)F)c2)cc1NC(=O)C1CCn2ccnc2C1. The number of alkyl halides is 3. The van der Waals surface area contributed by atoms with Crippen molar-refractivity contribution in [3.8, 4) is 0 Å². The van der Waals surface area contributed by atoms with Crippen LogP contribution < -0.4 is 10.6 Å². The van der Waals surface area contributed by atoms with Crippen LogP contribution in [0.5, 0.6) is 0 Å². The molecule has 0 radical (unpaired) electrons. The molecule has 32 heavy (non-hydrogen) atoms. The van der Waals surface area contributed by atoms with E-state index in [0.717, 1.165) is 23.5 Å². The van der Waals surface area contributed by atoms with Crippen LogP contribution in [0.4, 0.5) is 24.5 Å². The van der Waals surface area contributed by atoms with Crippen LogP contribution in [0.2, 0.25) is 0 Å². The smallest absolute Gasteiger partial charge is 0.335 e. The van der Waals surface area contributed by atoms with Crippen LogP contribution in [-0.4, -0.2) is 21.4 Å². The number of anilines is 2. The predicted octanol–water partition coefficient (Wildman–Crippen LogP) is 4.66. The Labute approximate surface area is 182 Å². The number of rotatable bonds is 4. The zero-order chi connectivity index (χ0) is 22.9. The van der Waals surface area contributed by atoms with Crippen LogP contribution in [0.15, 0.2) is 54.9 Å². The highest BCUT2D eigenvalue weighted by molar-refractivity contribution is 6.05. The van der Waals surface area contributed by atoms with Gasteiger partial charge in [0.05, 0.1) is 5.56 Å². The van der Waals surface area contributed by atoms with E-state index in [1.165, 1.54) is 18.2 Å². The normalized spacial score (nSPS) is 15.7. The van der Waals surface area contributed by atoms with E-state index >= 15 is 0 Å². The predicted molar refractivity (Wildman–Crippen MR) is 113 cm³/mol. The second-order valence-electron chi connectivity index (χ2n) is 7.78. The number of aromatic nitrogens is 2. The molecule has 6 nitrogen and oxygen atoms in total. The van der Waals surface area contributed by atoms with Gasteiger partial charge in [0.15, 0.2) is 0 Å². The number of carbonyl (C=O) groups excluding carboxylic acids is 2. The van der Waals surface area contributed by atoms with Crippen molar-refractivity contribution in [1.29, 1.82) is 0 Å². The molecule has 0 bridgehead atoms. The van der Waals surface area contributed by atoms with Crippen molar-refractivity contribution in [2.24, 2.45) is 5.92 Å². The monoisotopic (exact) mass is 442 g/mol. The first kappa shape index (κ1) is 21.6. The van der Waals surface area contributed by atoms with Gasteiger partial charge < -0.3 is 15.2 Å². The third kappa shape index (κ3) is 4.66. The first-order valence-corrected chi connectivity index (χ1v) is 10.1. The van der Waals surface area contributed by atoms with E-state index in [1.54, 1.807) is 25.3 Å². The number of hydrogen-bond donors (Lipinski definition) is 2. The lowest BCUT2D eigenvalue weighted by molar-refractivity contribution is -0.137. The van der Waals surface area contributed by atoms with E-state index in [9.17, 15) is 22.8 Å². The van der Waals surface area contributed by atoms with Crippen LogP contribution >= 0.6 is 0 Å². The van der Waals surface area contributed by atoms with Crippen LogP contribution in [-0.2, 0) is 23.9 Å². The molecule has 1 aliphatic heterocycles. The Morgan fingerprint density at radius 2 is 1.94 bits per heavy atom. The summed E-state index contributed by atoms with van der Waals surface area (Å²) in [6, 6.07) is 9.20. The fraction of sp³-hybridized carbons (Fsp3) is 0.261. The standard InChI is InChI=1S/C23H21F3N4O2/c1-14-5-6-15(21(31)28-18-4-2-3-17(13-18)23(24,25)26)11-19(14)29-22(32)16-7-9-30-10-8-27-20(30)12-16/h2-6,8,10-11,13,16H,7,9,12H2,1H3,(H,28,31)(H,29,32). The summed E-state index contributed by atoms with van der Waals surface area (Å²) < 4.78 is 40.7. The third-order valence-corrected chi connectivity index (χ3v) is 5.53. The Kier molecular flexibility index (Phi) is 5.73. The molecule has 166 valence electrons. The average molecular weight is 442 g/mol. The molecule has 1 aromatic heterocycles. The quantitative estimate of drug-likeness (QED) is 0.617. The number of nitrogens with one attached hydrogen (secondary N) is 2. The second-order valence-corrected chi connectivity index (χ2v) is 7.78. The number of hydrogen-bond acceptors (Lipinski definition) is 3. The number of amides is 2. The second kappa shape index (κ2) is 8.49. The van der Waals surface area contributed by atoms with Crippen LogP contribution in [0, 0.1) is 12.8 Å². The van der Waals surface area contributed by atoms with Crippen LogP contribution in [0.3, 0.4) is 0 Å². The number of carbonyl (C=O) groups is 2. The maximum atomic E-state index is 12.9. The molecule has 0 spiro atoms. The van der Waals surface area contributed by atoms with Gasteiger partial charge in [0.1, 0.15) is 5.82 Å². The zero-order valence-corrected chi connectivity index (χ0v) is 17.2. The van der Waals surface area contributed by atoms with Gasteiger partial charge in [-0.25, -0.2) is 4.98 Å². The Hall–Kier alpha value is -3.62. The van der Waals surface area contributed by atoms with Gasteiger partial charge in [-0.3, -0.25) is 9.59 Å². The number of benzene rings is 2. The van der Waals surface area contributed by atoms with Crippen LogP contribution in [0.1, 0.15) is 33.7 Å². The molecule has 1 aliphatic rings. The minimum absolute atomic E-state index is 0.0358. The van der Waals surface area contributed by atoms with Crippen LogP contribution in [0.25, 0.3) is 0 Å². The minimum Gasteiger partial charge on any atom is -0.335 e. The van der Waals surface area contributed by atoms with Crippen molar-refractivity contribution in [3.05, 3.63) is 77.4 Å². The molecule has 3 aromatic rings. The molecule has 2 aromatic carbocycles. The van der Waals surface area contributed by atoms with E-state index in [1.807, 2.05) is 10.8 Å². The van der Waals surface area contributed by atoms with E-state index in [0.29, 0.717) is 25.1 Å². The molecule has 4 rings (SSSR count). The van der Waals surface area contributed by atoms with Crippen molar-refractivity contribution in [2.75, 3.05) is 10.6 Å². The number of imidazole rings is 1. The third-order valence-electron chi connectivity index (χ3n) is 5.53. The number of halogens is 3. The van der Waals surface area contributed by atoms with Crippen molar-refractivity contribution in [2.45, 2.75) is 32.5 Å². The molecular formula is C23H21F3N4O2. The van der Waals surface area contributed by atoms with E-state index in [4.69, 9.17) is 0 Å². The fourth-order valence-electron chi connectivity index (χ4n) is 3.68. The molecule has 0 aliphatic carbocycles. The van der Waals surface area contributed by atoms with Gasteiger partial charge in [-0.2, -0.15) is 13.2 Å². The highest BCUT2D eigenvalue weighted by Gasteiger charge is 2.30. The van der Waals surface area contributed by atoms with Crippen molar-refractivity contribution < 1.29 is 22.8 Å². The molecule has 1 atom stereocenters. The Balaban J connectivity index is 1.47. The summed E-state index contributed by atoms with van der Waals surface area (Å²) >= 11 is 0. The molecule has 1 unspecified atom stereocenters. The average Bonchev–Trinajstić information content (AvgIpc) is 3.22. The highest BCUT2D eigenvalue weighted by atomic mass is 19.4. The molecule has 0 saturated heterocycles. The summed E-state index contributed by atoms with van der Waals surface area (Å²) in [5, 5.41) is 5.37. The van der Waals surface area contributed by atoms with E-state index in [2.05, 4.69) is 15.6 Å². The van der Waals surface area contributed by atoms with E-state index in [-0.39, 0.29) is 23.1 Å². The summed E-state index contributed by atoms with van der Waals surface area (Å²) in [7, 11) is 0. The number of aryl methyl sites for hydroxylation is 2. The lowest BCUT2D eigenvalue weighted by Crippen LogP contribution is -2.30. The molecule has 2 amide bonds. The van der Waals surface area contributed by atoms with Crippen molar-refractivity contribution in [1.82, 2.24) is 9.55 Å². The molecule has 0 saturated carbocycles. The highest BCUT2D eigenvalue weighted by Crippen LogP contribution is 2.31. The fourth-order valence-corrected chi connectivity index (χ4v) is 3.68. The van der Waals surface area contributed by atoms with Gasteiger partial charge >= 0.3 is 6.18 Å². The maximum Gasteiger partial charge on any atom is 0.416 e. The van der Waals surface area contributed by atoms with Gasteiger partial charge in [-0.05, 0) is 49.2 Å². The van der Waals surface area contributed by atoms with Gasteiger partial charge in [-0.15, -0.1) is 0 Å². The Morgan fingerprint density at radius 1 is 1.12 bits per heavy atom. The first-order valence-electron chi connectivity index (χ1n) is 10.1. The molecule has 2 heterocycles. The largest absolute Gasteiger partial charge is 0.416 e. The molecule has 2 N–H and O–H groups in total. The summed E-state index contributed by atoms with van der Waals surface area (Å²) in [6.07, 6.45) is 0.322. The van der Waals surface area contributed by atoms with Gasteiger partial charge in [-0.1, -0.05) is 12.1 Å². The Bertz CT molecular complexity index is 1170. The number of nitrogens with zero attached hydrogens (tertiary/aromatic N) is 2. The van der Waals surface area contributed by atoms with Crippen molar-refractivity contribution in [3.63, 3.8) is 0 Å². The molecule has 0 fully saturated rings. The summed E-state index contributed by atoms with van der Waals surface area (Å²) in [4.78, 5) is 29.7. The van der Waals surface area contributed by atoms with Crippen molar-refractivity contribution >= 4 is 23.2 Å².